The summed E-state index contributed by atoms with van der Waals surface area (Å²) in [7, 11) is -1.53. The van der Waals surface area contributed by atoms with Gasteiger partial charge in [-0.15, -0.1) is 0 Å². The van der Waals surface area contributed by atoms with Gasteiger partial charge in [0, 0.05) is 35.4 Å². The van der Waals surface area contributed by atoms with E-state index in [0.29, 0.717) is 18.6 Å². The van der Waals surface area contributed by atoms with E-state index in [4.69, 9.17) is 0 Å². The molecule has 0 saturated carbocycles. The number of hydrogen-bond donors (Lipinski definition) is 2. The second kappa shape index (κ2) is 11.6. The Hall–Kier alpha value is -5.10. The van der Waals surface area contributed by atoms with Crippen LogP contribution in [0.25, 0.3) is 43.8 Å². The molecule has 0 bridgehead atoms. The molecule has 7 aromatic rings. The fourth-order valence-corrected chi connectivity index (χ4v) is 5.79. The molecule has 0 spiro atoms. The first-order chi connectivity index (χ1) is 21.1. The van der Waals surface area contributed by atoms with E-state index >= 15 is 0 Å². The van der Waals surface area contributed by atoms with E-state index in [1.54, 1.807) is 0 Å². The predicted molar refractivity (Wildman–Crippen MR) is 174 cm³/mol. The average molecular weight is 558 g/mol. The highest BCUT2D eigenvalue weighted by Gasteiger charge is 2.17. The van der Waals surface area contributed by atoms with Gasteiger partial charge in [0.2, 0.25) is 0 Å². The highest BCUT2D eigenvalue weighted by Crippen LogP contribution is 2.25. The van der Waals surface area contributed by atoms with Gasteiger partial charge in [0.1, 0.15) is 0 Å². The molecule has 4 nitrogen and oxygen atoms in total. The van der Waals surface area contributed by atoms with Gasteiger partial charge in [0.15, 0.2) is 37.9 Å². The fourth-order valence-electron chi connectivity index (χ4n) is 5.79. The summed E-state index contributed by atoms with van der Waals surface area (Å²) in [5, 5.41) is 25.0. The Kier molecular flexibility index (Phi) is 7.26. The smallest absolute Gasteiger partial charge is 0.423 e. The average Bonchev–Trinajstić information content (AvgIpc) is 3.05. The SMILES string of the molecule is OB(O)c1cc(C[n+]2ccc(-c3ccc4ccccc4c3)cc2)cc(C[n+]2ccc(-c3ccc4ccccc4c3)cc2)c1. The monoisotopic (exact) mass is 558 g/mol. The van der Waals surface area contributed by atoms with Crippen LogP contribution >= 0.6 is 0 Å². The maximum absolute atomic E-state index is 10.0. The lowest BCUT2D eigenvalue weighted by Gasteiger charge is -2.08. The number of rotatable bonds is 7. The number of hydrogen-bond acceptors (Lipinski definition) is 2. The molecule has 0 aliphatic heterocycles. The van der Waals surface area contributed by atoms with E-state index in [1.165, 1.54) is 32.7 Å². The van der Waals surface area contributed by atoms with Crippen molar-refractivity contribution >= 4 is 34.1 Å². The lowest BCUT2D eigenvalue weighted by molar-refractivity contribution is -0.689. The van der Waals surface area contributed by atoms with Crippen LogP contribution < -0.4 is 14.6 Å². The minimum atomic E-state index is -1.53. The summed E-state index contributed by atoms with van der Waals surface area (Å²) < 4.78 is 4.23. The summed E-state index contributed by atoms with van der Waals surface area (Å²) in [6.45, 7) is 1.24. The number of benzene rings is 5. The predicted octanol–water partition coefficient (Wildman–Crippen LogP) is 5.68. The van der Waals surface area contributed by atoms with Crippen molar-refractivity contribution in [2.45, 2.75) is 13.1 Å². The molecule has 0 radical (unpaired) electrons. The maximum Gasteiger partial charge on any atom is 0.488 e. The Morgan fingerprint density at radius 3 is 1.26 bits per heavy atom. The van der Waals surface area contributed by atoms with E-state index in [1.807, 2.05) is 12.1 Å². The van der Waals surface area contributed by atoms with Crippen molar-refractivity contribution in [3.05, 3.63) is 163 Å². The molecule has 43 heavy (non-hydrogen) atoms. The van der Waals surface area contributed by atoms with E-state index in [-0.39, 0.29) is 0 Å². The molecule has 0 unspecified atom stereocenters. The molecule has 2 N–H and O–H groups in total. The molecule has 5 aromatic carbocycles. The molecular weight excluding hydrogens is 527 g/mol. The normalized spacial score (nSPS) is 11.2. The molecule has 2 heterocycles. The van der Waals surface area contributed by atoms with E-state index in [9.17, 15) is 10.0 Å². The van der Waals surface area contributed by atoms with Gasteiger partial charge in [0.05, 0.1) is 0 Å². The molecule has 206 valence electrons. The number of fused-ring (bicyclic) bond motifs is 2. The molecular formula is C38H31BN2O2+2. The van der Waals surface area contributed by atoms with Crippen molar-refractivity contribution in [1.29, 1.82) is 0 Å². The van der Waals surface area contributed by atoms with Crippen molar-refractivity contribution < 1.29 is 19.2 Å². The summed E-state index contributed by atoms with van der Waals surface area (Å²) in [6, 6.07) is 44.3. The van der Waals surface area contributed by atoms with E-state index in [2.05, 4.69) is 149 Å². The van der Waals surface area contributed by atoms with Crippen LogP contribution in [-0.2, 0) is 13.1 Å². The van der Waals surface area contributed by atoms with Crippen molar-refractivity contribution in [3.63, 3.8) is 0 Å². The van der Waals surface area contributed by atoms with Crippen LogP contribution in [0.1, 0.15) is 11.1 Å². The molecule has 0 aliphatic rings. The Morgan fingerprint density at radius 2 is 0.837 bits per heavy atom. The quantitative estimate of drug-likeness (QED) is 0.196. The Balaban J connectivity index is 1.09. The second-order valence-electron chi connectivity index (χ2n) is 11.1. The van der Waals surface area contributed by atoms with Gasteiger partial charge in [-0.05, 0) is 67.5 Å². The van der Waals surface area contributed by atoms with Crippen molar-refractivity contribution in [2.75, 3.05) is 0 Å². The molecule has 0 aliphatic carbocycles. The molecule has 2 aromatic heterocycles. The third kappa shape index (κ3) is 5.95. The van der Waals surface area contributed by atoms with Crippen LogP contribution in [0.15, 0.2) is 152 Å². The van der Waals surface area contributed by atoms with E-state index < -0.39 is 7.12 Å². The van der Waals surface area contributed by atoms with Gasteiger partial charge in [-0.3, -0.25) is 0 Å². The Bertz CT molecular complexity index is 1910. The van der Waals surface area contributed by atoms with Gasteiger partial charge >= 0.3 is 7.12 Å². The number of pyridine rings is 2. The van der Waals surface area contributed by atoms with Crippen LogP contribution in [0.2, 0.25) is 0 Å². The van der Waals surface area contributed by atoms with Gasteiger partial charge in [0.25, 0.3) is 0 Å². The maximum atomic E-state index is 10.0. The molecule has 0 atom stereocenters. The standard InChI is InChI=1S/C38H31BN2O2/c42-39(43)38-22-28(26-40-17-13-32(14-18-40)36-11-9-30-5-1-3-7-34(30)24-36)21-29(23-38)27-41-19-15-33(16-20-41)37-12-10-31-6-2-4-8-35(31)25-37/h1-25,42-43H,26-27H2/q+2. The molecule has 7 rings (SSSR count). The second-order valence-corrected chi connectivity index (χ2v) is 11.1. The zero-order valence-corrected chi connectivity index (χ0v) is 23.7. The summed E-state index contributed by atoms with van der Waals surface area (Å²) in [5.74, 6) is 0. The third-order valence-electron chi connectivity index (χ3n) is 8.05. The van der Waals surface area contributed by atoms with Gasteiger partial charge in [-0.2, -0.15) is 0 Å². The largest absolute Gasteiger partial charge is 0.488 e. The summed E-state index contributed by atoms with van der Waals surface area (Å²) >= 11 is 0. The molecule has 0 amide bonds. The fraction of sp³-hybridized carbons (Fsp3) is 0.0526. The topological polar surface area (TPSA) is 48.2 Å². The molecule has 5 heteroatoms. The van der Waals surface area contributed by atoms with E-state index in [0.717, 1.165) is 22.3 Å². The summed E-state index contributed by atoms with van der Waals surface area (Å²) in [6.07, 6.45) is 8.30. The molecule has 0 saturated heterocycles. The lowest BCUT2D eigenvalue weighted by atomic mass is 9.78. The van der Waals surface area contributed by atoms with Crippen molar-refractivity contribution in [2.24, 2.45) is 0 Å². The first-order valence-electron chi connectivity index (χ1n) is 14.5. The van der Waals surface area contributed by atoms with Gasteiger partial charge in [-0.25, -0.2) is 9.13 Å². The van der Waals surface area contributed by atoms with Crippen LogP contribution in [0.3, 0.4) is 0 Å². The van der Waals surface area contributed by atoms with Gasteiger partial charge in [-0.1, -0.05) is 84.9 Å². The Labute approximate surface area is 251 Å². The zero-order chi connectivity index (χ0) is 29.2. The first kappa shape index (κ1) is 26.8. The minimum absolute atomic E-state index is 0.495. The zero-order valence-electron chi connectivity index (χ0n) is 23.7. The summed E-state index contributed by atoms with van der Waals surface area (Å²) in [5.41, 5.74) is 7.20. The van der Waals surface area contributed by atoms with Crippen LogP contribution in [0.4, 0.5) is 0 Å². The van der Waals surface area contributed by atoms with Gasteiger partial charge < -0.3 is 10.0 Å². The minimum Gasteiger partial charge on any atom is -0.423 e. The Morgan fingerprint density at radius 1 is 0.419 bits per heavy atom. The number of aromatic nitrogens is 2. The summed E-state index contributed by atoms with van der Waals surface area (Å²) in [4.78, 5) is 0. The number of nitrogens with zero attached hydrogens (tertiary/aromatic N) is 2. The lowest BCUT2D eigenvalue weighted by Crippen LogP contribution is -2.37. The van der Waals surface area contributed by atoms with Crippen LogP contribution in [0, 0.1) is 0 Å². The van der Waals surface area contributed by atoms with Crippen molar-refractivity contribution in [1.82, 2.24) is 0 Å². The highest BCUT2D eigenvalue weighted by atomic mass is 16.4. The first-order valence-corrected chi connectivity index (χ1v) is 14.5. The molecule has 0 fully saturated rings. The van der Waals surface area contributed by atoms with Crippen LogP contribution in [0.5, 0.6) is 0 Å². The third-order valence-corrected chi connectivity index (χ3v) is 8.05. The van der Waals surface area contributed by atoms with Crippen molar-refractivity contribution in [3.8, 4) is 22.3 Å². The highest BCUT2D eigenvalue weighted by molar-refractivity contribution is 6.58. The van der Waals surface area contributed by atoms with Crippen LogP contribution in [-0.4, -0.2) is 17.2 Å².